The van der Waals surface area contributed by atoms with Crippen molar-refractivity contribution in [3.05, 3.63) is 46.5 Å². The Labute approximate surface area is 132 Å². The second kappa shape index (κ2) is 5.21. The van der Waals surface area contributed by atoms with E-state index in [4.69, 9.17) is 4.98 Å². The Hall–Kier alpha value is -2.21. The molecule has 1 aliphatic heterocycles. The molecule has 112 valence electrons. The van der Waals surface area contributed by atoms with E-state index < -0.39 is 0 Å². The Kier molecular flexibility index (Phi) is 3.18. The summed E-state index contributed by atoms with van der Waals surface area (Å²) in [4.78, 5) is 23.5. The second-order valence-corrected chi connectivity index (χ2v) is 6.40. The molecular formula is C16H16N4OS. The smallest absolute Gasteiger partial charge is 0.254 e. The number of hydrogen-bond donors (Lipinski definition) is 0. The zero-order chi connectivity index (χ0) is 15.1. The van der Waals surface area contributed by atoms with Crippen LogP contribution in [0, 0.1) is 0 Å². The van der Waals surface area contributed by atoms with Crippen LogP contribution in [0.5, 0.6) is 0 Å². The Morgan fingerprint density at radius 3 is 3.09 bits per heavy atom. The summed E-state index contributed by atoms with van der Waals surface area (Å²) < 4.78 is 2.05. The second-order valence-electron chi connectivity index (χ2n) is 5.62. The van der Waals surface area contributed by atoms with Gasteiger partial charge in [-0.05, 0) is 30.0 Å². The summed E-state index contributed by atoms with van der Waals surface area (Å²) in [5, 5.41) is 3.85. The van der Waals surface area contributed by atoms with Gasteiger partial charge in [0.1, 0.15) is 11.3 Å². The van der Waals surface area contributed by atoms with E-state index >= 15 is 0 Å². The van der Waals surface area contributed by atoms with Crippen molar-refractivity contribution in [2.75, 3.05) is 13.1 Å². The van der Waals surface area contributed by atoms with Crippen LogP contribution in [0.3, 0.4) is 0 Å². The molecule has 4 heterocycles. The lowest BCUT2D eigenvalue weighted by molar-refractivity contribution is 0.0791. The molecule has 1 saturated heterocycles. The fraction of sp³-hybridized carbons (Fsp3) is 0.312. The Bertz CT molecular complexity index is 824. The average Bonchev–Trinajstić information content (AvgIpc) is 3.27. The van der Waals surface area contributed by atoms with Gasteiger partial charge >= 0.3 is 0 Å². The minimum absolute atomic E-state index is 0.126. The monoisotopic (exact) mass is 312 g/mol. The number of likely N-dealkylation sites (tertiary alicyclic amines) is 1. The van der Waals surface area contributed by atoms with Crippen molar-refractivity contribution < 1.29 is 4.79 Å². The minimum Gasteiger partial charge on any atom is -0.338 e. The number of carbonyl (C=O) groups is 1. The predicted molar refractivity (Wildman–Crippen MR) is 86.1 cm³/mol. The molecule has 0 spiro atoms. The van der Waals surface area contributed by atoms with Gasteiger partial charge in [-0.15, -0.1) is 0 Å². The highest BCUT2D eigenvalue weighted by Gasteiger charge is 2.31. The number of pyridine rings is 1. The number of nitrogens with zero attached hydrogens (tertiary/aromatic N) is 4. The molecule has 0 bridgehead atoms. The van der Waals surface area contributed by atoms with Gasteiger partial charge in [0.15, 0.2) is 5.65 Å². The van der Waals surface area contributed by atoms with E-state index in [-0.39, 0.29) is 11.8 Å². The number of rotatable bonds is 2. The van der Waals surface area contributed by atoms with Crippen LogP contribution in [0.1, 0.15) is 28.5 Å². The van der Waals surface area contributed by atoms with Crippen molar-refractivity contribution in [1.29, 1.82) is 0 Å². The third kappa shape index (κ3) is 2.11. The first-order valence-electron chi connectivity index (χ1n) is 7.33. The summed E-state index contributed by atoms with van der Waals surface area (Å²) in [5.41, 5.74) is 2.61. The normalized spacial score (nSPS) is 18.2. The van der Waals surface area contributed by atoms with Gasteiger partial charge in [0.05, 0.1) is 5.56 Å². The first kappa shape index (κ1) is 13.5. The molecule has 22 heavy (non-hydrogen) atoms. The van der Waals surface area contributed by atoms with Crippen LogP contribution < -0.4 is 0 Å². The predicted octanol–water partition coefficient (Wildman–Crippen LogP) is 2.66. The maximum Gasteiger partial charge on any atom is 0.254 e. The molecule has 0 saturated carbocycles. The Morgan fingerprint density at radius 1 is 1.41 bits per heavy atom. The summed E-state index contributed by atoms with van der Waals surface area (Å²) in [6, 6.07) is 5.77. The lowest BCUT2D eigenvalue weighted by Gasteiger charge is -2.15. The minimum atomic E-state index is 0.126. The Morgan fingerprint density at radius 2 is 2.32 bits per heavy atom. The van der Waals surface area contributed by atoms with Gasteiger partial charge in [-0.25, -0.2) is 9.97 Å². The van der Waals surface area contributed by atoms with Crippen molar-refractivity contribution in [1.82, 2.24) is 19.4 Å². The van der Waals surface area contributed by atoms with Crippen molar-refractivity contribution in [3.8, 4) is 0 Å². The third-order valence-corrected chi connectivity index (χ3v) is 4.95. The number of thiophene rings is 1. The summed E-state index contributed by atoms with van der Waals surface area (Å²) in [5.74, 6) is 1.43. The largest absolute Gasteiger partial charge is 0.338 e. The van der Waals surface area contributed by atoms with Gasteiger partial charge in [-0.3, -0.25) is 4.79 Å². The molecule has 4 rings (SSSR count). The molecule has 0 aromatic carbocycles. The van der Waals surface area contributed by atoms with Gasteiger partial charge < -0.3 is 9.47 Å². The van der Waals surface area contributed by atoms with Crippen LogP contribution in [-0.2, 0) is 7.05 Å². The van der Waals surface area contributed by atoms with Crippen LogP contribution >= 0.6 is 11.3 Å². The van der Waals surface area contributed by atoms with Crippen LogP contribution in [-0.4, -0.2) is 38.4 Å². The molecule has 0 unspecified atom stereocenters. The summed E-state index contributed by atoms with van der Waals surface area (Å²) >= 11 is 1.56. The maximum absolute atomic E-state index is 12.4. The lowest BCUT2D eigenvalue weighted by atomic mass is 10.1. The van der Waals surface area contributed by atoms with E-state index in [0.29, 0.717) is 0 Å². The SMILES string of the molecule is Cn1c([C@H]2CCN(C(=O)c3ccsc3)C2)nc2cccnc21. The molecule has 1 aliphatic rings. The standard InChI is InChI=1S/C16H16N4OS/c1-19-14(18-13-3-2-6-17-15(13)19)11-4-7-20(9-11)16(21)12-5-8-22-10-12/h2-3,5-6,8,10-11H,4,7,9H2,1H3/t11-/m0/s1. The quantitative estimate of drug-likeness (QED) is 0.731. The van der Waals surface area contributed by atoms with Gasteiger partial charge in [0.2, 0.25) is 0 Å². The average molecular weight is 312 g/mol. The number of fused-ring (bicyclic) bond motifs is 1. The molecule has 0 radical (unpaired) electrons. The van der Waals surface area contributed by atoms with E-state index in [1.807, 2.05) is 40.9 Å². The van der Waals surface area contributed by atoms with Crippen LogP contribution in [0.4, 0.5) is 0 Å². The lowest BCUT2D eigenvalue weighted by Crippen LogP contribution is -2.28. The van der Waals surface area contributed by atoms with E-state index in [9.17, 15) is 4.79 Å². The fourth-order valence-electron chi connectivity index (χ4n) is 3.13. The van der Waals surface area contributed by atoms with E-state index in [1.165, 1.54) is 0 Å². The maximum atomic E-state index is 12.4. The summed E-state index contributed by atoms with van der Waals surface area (Å²) in [6.45, 7) is 1.52. The van der Waals surface area contributed by atoms with E-state index in [2.05, 4.69) is 9.55 Å². The van der Waals surface area contributed by atoms with E-state index in [0.717, 1.165) is 42.1 Å². The fourth-order valence-corrected chi connectivity index (χ4v) is 3.76. The van der Waals surface area contributed by atoms with Crippen molar-refractivity contribution in [2.45, 2.75) is 12.3 Å². The van der Waals surface area contributed by atoms with Crippen molar-refractivity contribution in [2.24, 2.45) is 7.05 Å². The van der Waals surface area contributed by atoms with Gasteiger partial charge in [-0.2, -0.15) is 11.3 Å². The number of carbonyl (C=O) groups excluding carboxylic acids is 1. The highest BCUT2D eigenvalue weighted by molar-refractivity contribution is 7.08. The summed E-state index contributed by atoms with van der Waals surface area (Å²) in [6.07, 6.45) is 2.74. The van der Waals surface area contributed by atoms with Crippen molar-refractivity contribution >= 4 is 28.4 Å². The van der Waals surface area contributed by atoms with Gasteiger partial charge in [0, 0.05) is 37.6 Å². The molecule has 1 amide bonds. The number of hydrogen-bond acceptors (Lipinski definition) is 4. The van der Waals surface area contributed by atoms with Gasteiger partial charge in [0.25, 0.3) is 5.91 Å². The third-order valence-electron chi connectivity index (χ3n) is 4.27. The molecular weight excluding hydrogens is 296 g/mol. The highest BCUT2D eigenvalue weighted by atomic mass is 32.1. The molecule has 1 fully saturated rings. The molecule has 0 N–H and O–H groups in total. The Balaban J connectivity index is 1.59. The van der Waals surface area contributed by atoms with Gasteiger partial charge in [-0.1, -0.05) is 0 Å². The molecule has 1 atom stereocenters. The molecule has 0 aliphatic carbocycles. The highest BCUT2D eigenvalue weighted by Crippen LogP contribution is 2.29. The number of aryl methyl sites for hydroxylation is 1. The zero-order valence-corrected chi connectivity index (χ0v) is 13.1. The first-order chi connectivity index (χ1) is 10.7. The number of amides is 1. The van der Waals surface area contributed by atoms with Crippen molar-refractivity contribution in [3.63, 3.8) is 0 Å². The zero-order valence-electron chi connectivity index (χ0n) is 12.3. The topological polar surface area (TPSA) is 51.0 Å². The van der Waals surface area contributed by atoms with Crippen LogP contribution in [0.2, 0.25) is 0 Å². The molecule has 5 nitrogen and oxygen atoms in total. The molecule has 3 aromatic rings. The summed E-state index contributed by atoms with van der Waals surface area (Å²) in [7, 11) is 2.00. The first-order valence-corrected chi connectivity index (χ1v) is 8.27. The molecule has 3 aromatic heterocycles. The number of aromatic nitrogens is 3. The van der Waals surface area contributed by atoms with Crippen LogP contribution in [0.15, 0.2) is 35.2 Å². The van der Waals surface area contributed by atoms with Crippen LogP contribution in [0.25, 0.3) is 11.2 Å². The molecule has 6 heteroatoms. The van der Waals surface area contributed by atoms with E-state index in [1.54, 1.807) is 17.5 Å². The number of imidazole rings is 1.